The summed E-state index contributed by atoms with van der Waals surface area (Å²) >= 11 is 0. The Kier molecular flexibility index (Phi) is 4.88. The average Bonchev–Trinajstić information content (AvgIpc) is 3.52. The molecule has 194 valence electrons. The highest BCUT2D eigenvalue weighted by molar-refractivity contribution is 6.23. The summed E-state index contributed by atoms with van der Waals surface area (Å²) in [6.07, 6.45) is 0. The van der Waals surface area contributed by atoms with Crippen LogP contribution in [0.15, 0.2) is 77.6 Å². The Labute approximate surface area is 224 Å². The number of imide groups is 1. The van der Waals surface area contributed by atoms with Gasteiger partial charge in [-0.15, -0.1) is 0 Å². The van der Waals surface area contributed by atoms with Crippen molar-refractivity contribution in [2.75, 3.05) is 4.90 Å². The molecular weight excluding hydrogens is 492 g/mol. The smallest absolute Gasteiger partial charge is 0.266 e. The molecule has 4 aromatic rings. The van der Waals surface area contributed by atoms with Crippen molar-refractivity contribution in [3.05, 3.63) is 100 Å². The third kappa shape index (κ3) is 2.95. The van der Waals surface area contributed by atoms with Gasteiger partial charge in [-0.3, -0.25) is 29.1 Å². The molecule has 1 N–H and O–H groups in total. The van der Waals surface area contributed by atoms with Crippen LogP contribution in [0.5, 0.6) is 0 Å². The SMILES string of the molecule is CC(=O)c1ccc(N2C(=O)C3C(C(C)C)NC4(c5ccccc5-n5c4nc4ccccc4c5=O)C3C2=O)cc1. The first kappa shape index (κ1) is 23.7. The highest BCUT2D eigenvalue weighted by Gasteiger charge is 2.70. The fraction of sp³-hybridized carbons (Fsp3) is 0.258. The van der Waals surface area contributed by atoms with Crippen LogP contribution >= 0.6 is 0 Å². The van der Waals surface area contributed by atoms with E-state index in [9.17, 15) is 19.2 Å². The minimum Gasteiger partial charge on any atom is -0.296 e. The first-order valence-corrected chi connectivity index (χ1v) is 13.1. The Morgan fingerprint density at radius 3 is 2.33 bits per heavy atom. The number of nitrogens with zero attached hydrogens (tertiary/aromatic N) is 3. The number of aromatic nitrogens is 2. The maximum Gasteiger partial charge on any atom is 0.266 e. The second-order valence-electron chi connectivity index (χ2n) is 11.0. The lowest BCUT2D eigenvalue weighted by Crippen LogP contribution is -2.51. The molecule has 4 unspecified atom stereocenters. The molecule has 1 spiro atoms. The summed E-state index contributed by atoms with van der Waals surface area (Å²) in [5.74, 6) is -1.75. The average molecular weight is 519 g/mol. The van der Waals surface area contributed by atoms with Gasteiger partial charge < -0.3 is 0 Å². The number of carbonyl (C=O) groups is 3. The van der Waals surface area contributed by atoms with E-state index < -0.39 is 17.4 Å². The van der Waals surface area contributed by atoms with Gasteiger partial charge in [0, 0.05) is 17.2 Å². The number of carbonyl (C=O) groups excluding carboxylic acids is 3. The zero-order valence-corrected chi connectivity index (χ0v) is 21.7. The molecule has 2 amide bonds. The predicted octanol–water partition coefficient (Wildman–Crippen LogP) is 3.58. The van der Waals surface area contributed by atoms with E-state index in [0.717, 1.165) is 5.56 Å². The number of hydrogen-bond donors (Lipinski definition) is 1. The van der Waals surface area contributed by atoms with Crippen LogP contribution in [-0.4, -0.2) is 33.2 Å². The Morgan fingerprint density at radius 1 is 0.923 bits per heavy atom. The van der Waals surface area contributed by atoms with Crippen molar-refractivity contribution in [1.29, 1.82) is 0 Å². The number of ketones is 1. The van der Waals surface area contributed by atoms with Gasteiger partial charge in [0.15, 0.2) is 5.78 Å². The molecule has 0 radical (unpaired) electrons. The highest BCUT2D eigenvalue weighted by Crippen LogP contribution is 2.56. The molecule has 4 heterocycles. The Bertz CT molecular complexity index is 1790. The topological polar surface area (TPSA) is 101 Å². The molecule has 2 saturated heterocycles. The van der Waals surface area contributed by atoms with Gasteiger partial charge in [0.25, 0.3) is 5.56 Å². The monoisotopic (exact) mass is 518 g/mol. The summed E-state index contributed by atoms with van der Waals surface area (Å²) in [5.41, 5.74) is 1.53. The van der Waals surface area contributed by atoms with Crippen molar-refractivity contribution in [2.45, 2.75) is 32.4 Å². The van der Waals surface area contributed by atoms with Crippen LogP contribution in [0.4, 0.5) is 5.69 Å². The van der Waals surface area contributed by atoms with Gasteiger partial charge in [-0.25, -0.2) is 9.88 Å². The lowest BCUT2D eigenvalue weighted by molar-refractivity contribution is -0.123. The number of benzene rings is 3. The molecule has 3 aromatic carbocycles. The van der Waals surface area contributed by atoms with Gasteiger partial charge in [0.05, 0.1) is 34.1 Å². The molecule has 0 aliphatic carbocycles. The molecule has 8 heteroatoms. The summed E-state index contributed by atoms with van der Waals surface area (Å²) in [5, 5.41) is 4.18. The number of Topliss-reactive ketones (excluding diaryl/α,β-unsaturated/α-hetero) is 1. The second kappa shape index (κ2) is 8.04. The summed E-state index contributed by atoms with van der Waals surface area (Å²) < 4.78 is 1.60. The number of para-hydroxylation sites is 2. The van der Waals surface area contributed by atoms with Gasteiger partial charge in [0.1, 0.15) is 11.4 Å². The maximum absolute atomic E-state index is 14.4. The molecule has 39 heavy (non-hydrogen) atoms. The Balaban J connectivity index is 1.49. The van der Waals surface area contributed by atoms with Crippen molar-refractivity contribution in [3.8, 4) is 5.69 Å². The summed E-state index contributed by atoms with van der Waals surface area (Å²) in [7, 11) is 0. The fourth-order valence-corrected chi connectivity index (χ4v) is 6.82. The molecule has 8 nitrogen and oxygen atoms in total. The van der Waals surface area contributed by atoms with Gasteiger partial charge in [-0.1, -0.05) is 44.2 Å². The molecule has 0 bridgehead atoms. The standard InChI is InChI=1S/C31H26N4O4/c1-16(2)26-24-25(29(39)34(28(24)38)19-14-12-18(13-15-19)17(3)36)31(33-26)21-9-5-7-11-23(21)35-27(37)20-8-4-6-10-22(20)32-30(31)35/h4-16,24-26,33H,1-3H3. The van der Waals surface area contributed by atoms with Crippen molar-refractivity contribution >= 4 is 34.2 Å². The van der Waals surface area contributed by atoms with Crippen LogP contribution in [0.3, 0.4) is 0 Å². The first-order valence-electron chi connectivity index (χ1n) is 13.1. The van der Waals surface area contributed by atoms with Crippen LogP contribution in [0.1, 0.15) is 42.5 Å². The van der Waals surface area contributed by atoms with E-state index in [4.69, 9.17) is 4.98 Å². The van der Waals surface area contributed by atoms with Crippen molar-refractivity contribution in [2.24, 2.45) is 17.8 Å². The zero-order valence-electron chi connectivity index (χ0n) is 21.7. The third-order valence-corrected chi connectivity index (χ3v) is 8.55. The minimum atomic E-state index is -1.17. The lowest BCUT2D eigenvalue weighted by Gasteiger charge is -2.32. The van der Waals surface area contributed by atoms with Gasteiger partial charge >= 0.3 is 0 Å². The molecule has 4 atom stereocenters. The number of anilines is 1. The third-order valence-electron chi connectivity index (χ3n) is 8.55. The lowest BCUT2D eigenvalue weighted by atomic mass is 9.75. The molecule has 3 aliphatic rings. The van der Waals surface area contributed by atoms with E-state index in [-0.39, 0.29) is 35.1 Å². The number of hydrogen-bond acceptors (Lipinski definition) is 6. The van der Waals surface area contributed by atoms with Gasteiger partial charge in [-0.2, -0.15) is 0 Å². The van der Waals surface area contributed by atoms with Gasteiger partial charge in [0.2, 0.25) is 11.8 Å². The highest BCUT2D eigenvalue weighted by atomic mass is 16.2. The van der Waals surface area contributed by atoms with Crippen LogP contribution in [0.2, 0.25) is 0 Å². The van der Waals surface area contributed by atoms with Crippen LogP contribution in [0, 0.1) is 17.8 Å². The van der Waals surface area contributed by atoms with E-state index in [0.29, 0.717) is 33.7 Å². The summed E-state index contributed by atoms with van der Waals surface area (Å²) in [6.45, 7) is 5.52. The first-order chi connectivity index (χ1) is 18.8. The number of rotatable bonds is 3. The van der Waals surface area contributed by atoms with Crippen molar-refractivity contribution < 1.29 is 14.4 Å². The van der Waals surface area contributed by atoms with Crippen LogP contribution in [0.25, 0.3) is 16.6 Å². The van der Waals surface area contributed by atoms with E-state index in [1.165, 1.54) is 11.8 Å². The normalized spacial score (nSPS) is 25.0. The second-order valence-corrected chi connectivity index (χ2v) is 11.0. The van der Waals surface area contributed by atoms with E-state index in [1.807, 2.05) is 50.2 Å². The molecule has 1 aromatic heterocycles. The Morgan fingerprint density at radius 2 is 1.62 bits per heavy atom. The number of fused-ring (bicyclic) bond motifs is 8. The van der Waals surface area contributed by atoms with Gasteiger partial charge in [-0.05, 0) is 55.3 Å². The summed E-state index contributed by atoms with van der Waals surface area (Å²) in [6, 6.07) is 20.9. The molecule has 2 fully saturated rings. The quantitative estimate of drug-likeness (QED) is 0.329. The molecule has 7 rings (SSSR count). The van der Waals surface area contributed by atoms with Crippen molar-refractivity contribution in [1.82, 2.24) is 14.9 Å². The predicted molar refractivity (Wildman–Crippen MR) is 146 cm³/mol. The number of nitrogens with one attached hydrogen (secondary N) is 1. The van der Waals surface area contributed by atoms with Crippen molar-refractivity contribution in [3.63, 3.8) is 0 Å². The fourth-order valence-electron chi connectivity index (χ4n) is 6.82. The molecule has 0 saturated carbocycles. The number of amides is 2. The van der Waals surface area contributed by atoms with E-state index in [1.54, 1.807) is 41.0 Å². The van der Waals surface area contributed by atoms with Crippen LogP contribution < -0.4 is 15.8 Å². The Hall–Kier alpha value is -4.43. The van der Waals surface area contributed by atoms with Crippen LogP contribution in [-0.2, 0) is 15.1 Å². The zero-order chi connectivity index (χ0) is 27.2. The largest absolute Gasteiger partial charge is 0.296 e. The van der Waals surface area contributed by atoms with E-state index >= 15 is 0 Å². The molecular formula is C31H26N4O4. The summed E-state index contributed by atoms with van der Waals surface area (Å²) in [4.78, 5) is 60.4. The molecule has 3 aliphatic heterocycles. The minimum absolute atomic E-state index is 0.0158. The maximum atomic E-state index is 14.4. The van der Waals surface area contributed by atoms with E-state index in [2.05, 4.69) is 5.32 Å².